The van der Waals surface area contributed by atoms with Gasteiger partial charge in [-0.25, -0.2) is 0 Å². The minimum Gasteiger partial charge on any atom is -0.396 e. The Labute approximate surface area is 121 Å². The van der Waals surface area contributed by atoms with Crippen molar-refractivity contribution >= 4 is 11.8 Å². The number of hydrogen-bond acceptors (Lipinski definition) is 3. The Balaban J connectivity index is 2.13. The van der Waals surface area contributed by atoms with Gasteiger partial charge in [-0.1, -0.05) is 25.1 Å². The van der Waals surface area contributed by atoms with Crippen LogP contribution in [0.25, 0.3) is 0 Å². The molecule has 3 heteroatoms. The number of aliphatic hydroxyl groups is 1. The number of aryl methyl sites for hydroxylation is 1. The van der Waals surface area contributed by atoms with Crippen LogP contribution in [0.2, 0.25) is 0 Å². The molecule has 19 heavy (non-hydrogen) atoms. The molecule has 106 valence electrons. The Morgan fingerprint density at radius 1 is 1.47 bits per heavy atom. The second kappa shape index (κ2) is 6.78. The van der Waals surface area contributed by atoms with E-state index in [0.29, 0.717) is 18.0 Å². The Morgan fingerprint density at radius 2 is 2.26 bits per heavy atom. The highest BCUT2D eigenvalue weighted by atomic mass is 32.2. The highest BCUT2D eigenvalue weighted by Crippen LogP contribution is 2.41. The largest absolute Gasteiger partial charge is 0.396 e. The van der Waals surface area contributed by atoms with Crippen molar-refractivity contribution in [2.45, 2.75) is 44.7 Å². The van der Waals surface area contributed by atoms with E-state index in [1.54, 1.807) is 0 Å². The molecule has 0 saturated carbocycles. The maximum Gasteiger partial charge on any atom is 0.0446 e. The Morgan fingerprint density at radius 3 is 2.95 bits per heavy atom. The summed E-state index contributed by atoms with van der Waals surface area (Å²) >= 11 is 1.84. The van der Waals surface area contributed by atoms with Gasteiger partial charge in [-0.15, -0.1) is 0 Å². The Bertz CT molecular complexity index is 415. The Hall–Kier alpha value is -0.510. The fourth-order valence-corrected chi connectivity index (χ4v) is 3.96. The molecule has 0 fully saturated rings. The minimum atomic E-state index is 0.265. The molecule has 1 aliphatic rings. The SMILES string of the molecule is CSCC(CCO)NC1CC(C)c2c(C)cccc21. The molecular weight excluding hydrogens is 254 g/mol. The summed E-state index contributed by atoms with van der Waals surface area (Å²) in [5.74, 6) is 1.70. The molecule has 2 N–H and O–H groups in total. The molecule has 0 bridgehead atoms. The predicted molar refractivity (Wildman–Crippen MR) is 84.0 cm³/mol. The topological polar surface area (TPSA) is 32.3 Å². The first-order valence-electron chi connectivity index (χ1n) is 7.12. The van der Waals surface area contributed by atoms with Crippen LogP contribution in [0.4, 0.5) is 0 Å². The zero-order valence-corrected chi connectivity index (χ0v) is 13.0. The van der Waals surface area contributed by atoms with Crippen molar-refractivity contribution in [1.29, 1.82) is 0 Å². The molecule has 3 unspecified atom stereocenters. The second-order valence-corrected chi connectivity index (χ2v) is 6.51. The van der Waals surface area contributed by atoms with Gasteiger partial charge in [-0.05, 0) is 48.6 Å². The number of hydrogen-bond donors (Lipinski definition) is 2. The average molecular weight is 279 g/mol. The summed E-state index contributed by atoms with van der Waals surface area (Å²) < 4.78 is 0. The fourth-order valence-electron chi connectivity index (χ4n) is 3.29. The third-order valence-electron chi connectivity index (χ3n) is 4.10. The number of rotatable bonds is 6. The van der Waals surface area contributed by atoms with E-state index in [2.05, 4.69) is 43.6 Å². The number of thioether (sulfide) groups is 1. The van der Waals surface area contributed by atoms with Gasteiger partial charge in [0.25, 0.3) is 0 Å². The van der Waals surface area contributed by atoms with Crippen molar-refractivity contribution in [2.75, 3.05) is 18.6 Å². The van der Waals surface area contributed by atoms with E-state index in [1.807, 2.05) is 11.8 Å². The average Bonchev–Trinajstić information content (AvgIpc) is 2.68. The van der Waals surface area contributed by atoms with E-state index in [1.165, 1.54) is 23.1 Å². The molecule has 0 aromatic heterocycles. The lowest BCUT2D eigenvalue weighted by Gasteiger charge is -2.22. The number of benzene rings is 1. The monoisotopic (exact) mass is 279 g/mol. The molecule has 1 aromatic rings. The maximum absolute atomic E-state index is 9.18. The minimum absolute atomic E-state index is 0.265. The summed E-state index contributed by atoms with van der Waals surface area (Å²) in [7, 11) is 0. The first kappa shape index (κ1) is 14.9. The maximum atomic E-state index is 9.18. The van der Waals surface area contributed by atoms with E-state index in [9.17, 15) is 5.11 Å². The van der Waals surface area contributed by atoms with E-state index >= 15 is 0 Å². The van der Waals surface area contributed by atoms with Gasteiger partial charge in [0.2, 0.25) is 0 Å². The van der Waals surface area contributed by atoms with Crippen molar-refractivity contribution in [1.82, 2.24) is 5.32 Å². The van der Waals surface area contributed by atoms with Crippen LogP contribution in [0.3, 0.4) is 0 Å². The van der Waals surface area contributed by atoms with Gasteiger partial charge in [0.1, 0.15) is 0 Å². The molecule has 1 aliphatic carbocycles. The molecule has 3 atom stereocenters. The number of aliphatic hydroxyl groups excluding tert-OH is 1. The van der Waals surface area contributed by atoms with Crippen molar-refractivity contribution in [3.63, 3.8) is 0 Å². The summed E-state index contributed by atoms with van der Waals surface area (Å²) in [5.41, 5.74) is 4.42. The summed E-state index contributed by atoms with van der Waals surface area (Å²) in [5, 5.41) is 12.9. The molecule has 0 aliphatic heterocycles. The molecule has 1 aromatic carbocycles. The van der Waals surface area contributed by atoms with Crippen LogP contribution < -0.4 is 5.32 Å². The molecule has 0 heterocycles. The van der Waals surface area contributed by atoms with Crippen molar-refractivity contribution < 1.29 is 5.11 Å². The van der Waals surface area contributed by atoms with Crippen LogP contribution in [0, 0.1) is 6.92 Å². The summed E-state index contributed by atoms with van der Waals surface area (Å²) in [4.78, 5) is 0. The summed E-state index contributed by atoms with van der Waals surface area (Å²) in [6, 6.07) is 7.50. The zero-order valence-electron chi connectivity index (χ0n) is 12.1. The standard InChI is InChI=1S/C16H25NOS/c1-11-5-4-6-14-15(9-12(2)16(11)14)17-13(7-8-18)10-19-3/h4-6,12-13,15,17-18H,7-10H2,1-3H3. The van der Waals surface area contributed by atoms with Crippen molar-refractivity contribution in [3.05, 3.63) is 34.9 Å². The third kappa shape index (κ3) is 3.33. The van der Waals surface area contributed by atoms with Gasteiger partial charge >= 0.3 is 0 Å². The van der Waals surface area contributed by atoms with Gasteiger partial charge in [-0.3, -0.25) is 0 Å². The lowest BCUT2D eigenvalue weighted by molar-refractivity contribution is 0.263. The molecular formula is C16H25NOS. The second-order valence-electron chi connectivity index (χ2n) is 5.60. The molecule has 0 radical (unpaired) electrons. The van der Waals surface area contributed by atoms with Crippen LogP contribution in [0.15, 0.2) is 18.2 Å². The molecule has 2 nitrogen and oxygen atoms in total. The number of fused-ring (bicyclic) bond motifs is 1. The van der Waals surface area contributed by atoms with Crippen LogP contribution in [-0.4, -0.2) is 29.8 Å². The highest BCUT2D eigenvalue weighted by molar-refractivity contribution is 7.98. The van der Waals surface area contributed by atoms with Gasteiger partial charge in [0, 0.05) is 24.4 Å². The first-order valence-corrected chi connectivity index (χ1v) is 8.52. The number of nitrogens with one attached hydrogen (secondary N) is 1. The van der Waals surface area contributed by atoms with E-state index < -0.39 is 0 Å². The van der Waals surface area contributed by atoms with Crippen LogP contribution in [0.5, 0.6) is 0 Å². The fraction of sp³-hybridized carbons (Fsp3) is 0.625. The van der Waals surface area contributed by atoms with E-state index in [0.717, 1.165) is 12.2 Å². The van der Waals surface area contributed by atoms with Crippen LogP contribution in [0.1, 0.15) is 48.4 Å². The smallest absolute Gasteiger partial charge is 0.0446 e. The Kier molecular flexibility index (Phi) is 5.31. The summed E-state index contributed by atoms with van der Waals surface area (Å²) in [6.45, 7) is 4.80. The molecule has 0 spiro atoms. The lowest BCUT2D eigenvalue weighted by Crippen LogP contribution is -2.34. The van der Waals surface area contributed by atoms with E-state index in [-0.39, 0.29) is 6.61 Å². The van der Waals surface area contributed by atoms with Gasteiger partial charge in [0.15, 0.2) is 0 Å². The van der Waals surface area contributed by atoms with Gasteiger partial charge in [0.05, 0.1) is 0 Å². The van der Waals surface area contributed by atoms with Gasteiger partial charge < -0.3 is 10.4 Å². The van der Waals surface area contributed by atoms with Crippen molar-refractivity contribution in [3.8, 4) is 0 Å². The van der Waals surface area contributed by atoms with Gasteiger partial charge in [-0.2, -0.15) is 11.8 Å². The molecule has 2 rings (SSSR count). The van der Waals surface area contributed by atoms with E-state index in [4.69, 9.17) is 0 Å². The van der Waals surface area contributed by atoms with Crippen LogP contribution in [-0.2, 0) is 0 Å². The third-order valence-corrected chi connectivity index (χ3v) is 4.83. The normalized spacial score (nSPS) is 23.4. The molecule has 0 saturated heterocycles. The predicted octanol–water partition coefficient (Wildman–Crippen LogP) is 3.25. The zero-order chi connectivity index (χ0) is 13.8. The highest BCUT2D eigenvalue weighted by Gasteiger charge is 2.30. The lowest BCUT2D eigenvalue weighted by atomic mass is 9.98. The summed E-state index contributed by atoms with van der Waals surface area (Å²) in [6.07, 6.45) is 4.14. The van der Waals surface area contributed by atoms with Crippen molar-refractivity contribution in [2.24, 2.45) is 0 Å². The molecule has 0 amide bonds. The quantitative estimate of drug-likeness (QED) is 0.838. The first-order chi connectivity index (χ1) is 9.17. The van der Waals surface area contributed by atoms with Crippen LogP contribution >= 0.6 is 11.8 Å².